The Morgan fingerprint density at radius 3 is 2.50 bits per heavy atom. The van der Waals surface area contributed by atoms with Gasteiger partial charge in [0.15, 0.2) is 6.10 Å². The predicted octanol–water partition coefficient (Wildman–Crippen LogP) is 2.59. The Labute approximate surface area is 121 Å². The van der Waals surface area contributed by atoms with E-state index in [0.29, 0.717) is 23.8 Å². The molecule has 4 nitrogen and oxygen atoms in total. The molecular formula is C16H25NO3. The second kappa shape index (κ2) is 7.29. The van der Waals surface area contributed by atoms with Crippen LogP contribution in [0.15, 0.2) is 18.2 Å². The van der Waals surface area contributed by atoms with Crippen molar-refractivity contribution < 1.29 is 14.6 Å². The normalized spacial score (nSPS) is 13.9. The van der Waals surface area contributed by atoms with Crippen molar-refractivity contribution in [2.24, 2.45) is 5.92 Å². The van der Waals surface area contributed by atoms with Gasteiger partial charge in [-0.05, 0) is 38.8 Å². The summed E-state index contributed by atoms with van der Waals surface area (Å²) < 4.78 is 5.68. The van der Waals surface area contributed by atoms with Crippen LogP contribution >= 0.6 is 0 Å². The Morgan fingerprint density at radius 2 is 1.95 bits per heavy atom. The molecule has 1 amide bonds. The largest absolute Gasteiger partial charge is 0.481 e. The fraction of sp³-hybridized carbons (Fsp3) is 0.562. The molecule has 0 spiro atoms. The molecule has 0 fully saturated rings. The van der Waals surface area contributed by atoms with Gasteiger partial charge in [-0.2, -0.15) is 0 Å². The third kappa shape index (κ3) is 4.85. The molecule has 0 saturated heterocycles. The molecule has 1 aromatic rings. The molecule has 1 unspecified atom stereocenters. The van der Waals surface area contributed by atoms with Gasteiger partial charge in [0, 0.05) is 12.1 Å². The monoisotopic (exact) mass is 279 g/mol. The van der Waals surface area contributed by atoms with Gasteiger partial charge in [0.05, 0.1) is 6.10 Å². The highest BCUT2D eigenvalue weighted by atomic mass is 16.5. The first-order valence-electron chi connectivity index (χ1n) is 7.04. The van der Waals surface area contributed by atoms with Crippen molar-refractivity contribution >= 4 is 5.91 Å². The molecule has 0 aliphatic carbocycles. The topological polar surface area (TPSA) is 58.6 Å². The summed E-state index contributed by atoms with van der Waals surface area (Å²) in [4.78, 5) is 11.9. The maximum Gasteiger partial charge on any atom is 0.260 e. The molecule has 0 heterocycles. The van der Waals surface area contributed by atoms with E-state index in [1.165, 1.54) is 0 Å². The SMILES string of the molecule is Cc1ccc(OC(C)C(=O)NCC(C)C)c([C@H](C)O)c1. The molecule has 0 aromatic heterocycles. The average Bonchev–Trinajstić information content (AvgIpc) is 2.37. The van der Waals surface area contributed by atoms with E-state index in [1.807, 2.05) is 32.9 Å². The van der Waals surface area contributed by atoms with Gasteiger partial charge in [0.25, 0.3) is 5.91 Å². The number of aliphatic hydroxyl groups excluding tert-OH is 1. The Balaban J connectivity index is 2.75. The summed E-state index contributed by atoms with van der Waals surface area (Å²) in [7, 11) is 0. The van der Waals surface area contributed by atoms with Crippen LogP contribution in [0.3, 0.4) is 0 Å². The number of rotatable bonds is 6. The zero-order chi connectivity index (χ0) is 15.3. The van der Waals surface area contributed by atoms with Crippen LogP contribution in [0.2, 0.25) is 0 Å². The molecule has 0 saturated carbocycles. The van der Waals surface area contributed by atoms with Crippen molar-refractivity contribution in [2.45, 2.75) is 46.8 Å². The van der Waals surface area contributed by atoms with Crippen molar-refractivity contribution in [3.8, 4) is 5.75 Å². The van der Waals surface area contributed by atoms with Crippen molar-refractivity contribution in [3.63, 3.8) is 0 Å². The van der Waals surface area contributed by atoms with Gasteiger partial charge in [-0.25, -0.2) is 0 Å². The van der Waals surface area contributed by atoms with E-state index in [-0.39, 0.29) is 5.91 Å². The third-order valence-electron chi connectivity index (χ3n) is 2.97. The summed E-state index contributed by atoms with van der Waals surface area (Å²) in [6.07, 6.45) is -1.22. The lowest BCUT2D eigenvalue weighted by Gasteiger charge is -2.19. The molecule has 2 N–H and O–H groups in total. The van der Waals surface area contributed by atoms with E-state index in [1.54, 1.807) is 19.9 Å². The Morgan fingerprint density at radius 1 is 1.30 bits per heavy atom. The van der Waals surface area contributed by atoms with Gasteiger partial charge < -0.3 is 15.2 Å². The van der Waals surface area contributed by atoms with Crippen LogP contribution in [0.25, 0.3) is 0 Å². The summed E-state index contributed by atoms with van der Waals surface area (Å²) >= 11 is 0. The molecule has 0 bridgehead atoms. The van der Waals surface area contributed by atoms with Gasteiger partial charge in [-0.15, -0.1) is 0 Å². The number of nitrogens with one attached hydrogen (secondary N) is 1. The number of hydrogen-bond donors (Lipinski definition) is 2. The van der Waals surface area contributed by atoms with E-state index >= 15 is 0 Å². The highest BCUT2D eigenvalue weighted by Gasteiger charge is 2.17. The van der Waals surface area contributed by atoms with Crippen molar-refractivity contribution in [1.82, 2.24) is 5.32 Å². The van der Waals surface area contributed by atoms with E-state index in [2.05, 4.69) is 5.32 Å². The summed E-state index contributed by atoms with van der Waals surface area (Å²) in [6, 6.07) is 5.57. The van der Waals surface area contributed by atoms with Gasteiger partial charge in [0.2, 0.25) is 0 Å². The van der Waals surface area contributed by atoms with E-state index < -0.39 is 12.2 Å². The molecular weight excluding hydrogens is 254 g/mol. The molecule has 112 valence electrons. The number of hydrogen-bond acceptors (Lipinski definition) is 3. The Bertz CT molecular complexity index is 455. The lowest BCUT2D eigenvalue weighted by Crippen LogP contribution is -2.38. The molecule has 0 aliphatic heterocycles. The zero-order valence-electron chi connectivity index (χ0n) is 12.9. The number of ether oxygens (including phenoxy) is 1. The first-order valence-corrected chi connectivity index (χ1v) is 7.04. The molecule has 20 heavy (non-hydrogen) atoms. The number of amides is 1. The van der Waals surface area contributed by atoms with E-state index in [4.69, 9.17) is 4.74 Å². The minimum atomic E-state index is -0.629. The fourth-order valence-corrected chi connectivity index (χ4v) is 1.79. The number of benzene rings is 1. The predicted molar refractivity (Wildman–Crippen MR) is 79.8 cm³/mol. The first-order chi connectivity index (χ1) is 9.31. The lowest BCUT2D eigenvalue weighted by molar-refractivity contribution is -0.127. The maximum absolute atomic E-state index is 11.9. The van der Waals surface area contributed by atoms with Crippen LogP contribution in [0.1, 0.15) is 44.9 Å². The van der Waals surface area contributed by atoms with Crippen molar-refractivity contribution in [2.75, 3.05) is 6.54 Å². The molecule has 0 radical (unpaired) electrons. The van der Waals surface area contributed by atoms with Crippen LogP contribution < -0.4 is 10.1 Å². The third-order valence-corrected chi connectivity index (χ3v) is 2.97. The van der Waals surface area contributed by atoms with Gasteiger partial charge >= 0.3 is 0 Å². The summed E-state index contributed by atoms with van der Waals surface area (Å²) in [5.41, 5.74) is 1.75. The molecule has 2 atom stereocenters. The smallest absolute Gasteiger partial charge is 0.260 e. The Kier molecular flexibility index (Phi) is 6.02. The van der Waals surface area contributed by atoms with E-state index in [0.717, 1.165) is 5.56 Å². The lowest BCUT2D eigenvalue weighted by atomic mass is 10.1. The minimum Gasteiger partial charge on any atom is -0.481 e. The van der Waals surface area contributed by atoms with Crippen LogP contribution in [0, 0.1) is 12.8 Å². The van der Waals surface area contributed by atoms with Gasteiger partial charge in [-0.1, -0.05) is 25.5 Å². The minimum absolute atomic E-state index is 0.143. The maximum atomic E-state index is 11.9. The first kappa shape index (κ1) is 16.5. The van der Waals surface area contributed by atoms with Crippen LogP contribution in [-0.4, -0.2) is 23.7 Å². The second-order valence-electron chi connectivity index (χ2n) is 5.62. The number of carbonyl (C=O) groups excluding carboxylic acids is 1. The van der Waals surface area contributed by atoms with Crippen LogP contribution in [0.4, 0.5) is 0 Å². The summed E-state index contributed by atoms with van der Waals surface area (Å²) in [5, 5.41) is 12.6. The number of aryl methyl sites for hydroxylation is 1. The summed E-state index contributed by atoms with van der Waals surface area (Å²) in [5.74, 6) is 0.812. The summed E-state index contributed by atoms with van der Waals surface area (Å²) in [6.45, 7) is 10.1. The van der Waals surface area contributed by atoms with Gasteiger partial charge in [0.1, 0.15) is 5.75 Å². The standard InChI is InChI=1S/C16H25NO3/c1-10(2)9-17-16(19)13(5)20-15-7-6-11(3)8-14(15)12(4)18/h6-8,10,12-13,18H,9H2,1-5H3,(H,17,19)/t12-,13?/m0/s1. The highest BCUT2D eigenvalue weighted by Crippen LogP contribution is 2.27. The second-order valence-corrected chi connectivity index (χ2v) is 5.62. The molecule has 4 heteroatoms. The number of aliphatic hydroxyl groups is 1. The van der Waals surface area contributed by atoms with Gasteiger partial charge in [-0.3, -0.25) is 4.79 Å². The molecule has 0 aliphatic rings. The van der Waals surface area contributed by atoms with Crippen LogP contribution in [-0.2, 0) is 4.79 Å². The van der Waals surface area contributed by atoms with Crippen LogP contribution in [0.5, 0.6) is 5.75 Å². The Hall–Kier alpha value is -1.55. The highest BCUT2D eigenvalue weighted by molar-refractivity contribution is 5.80. The quantitative estimate of drug-likeness (QED) is 0.841. The average molecular weight is 279 g/mol. The van der Waals surface area contributed by atoms with Crippen molar-refractivity contribution in [3.05, 3.63) is 29.3 Å². The van der Waals surface area contributed by atoms with Crippen molar-refractivity contribution in [1.29, 1.82) is 0 Å². The fourth-order valence-electron chi connectivity index (χ4n) is 1.79. The number of carbonyl (C=O) groups is 1. The molecule has 1 aromatic carbocycles. The zero-order valence-corrected chi connectivity index (χ0v) is 12.9. The van der Waals surface area contributed by atoms with E-state index in [9.17, 15) is 9.90 Å². The molecule has 1 rings (SSSR count).